The topological polar surface area (TPSA) is 86.8 Å². The van der Waals surface area contributed by atoms with Crippen molar-refractivity contribution in [3.8, 4) is 0 Å². The van der Waals surface area contributed by atoms with Crippen LogP contribution in [0.5, 0.6) is 0 Å². The van der Waals surface area contributed by atoms with Crippen LogP contribution in [0.15, 0.2) is 77.7 Å². The summed E-state index contributed by atoms with van der Waals surface area (Å²) in [4.78, 5) is 28.9. The lowest BCUT2D eigenvalue weighted by Gasteiger charge is -2.33. The molecular weight excluding hydrogens is 581 g/mol. The summed E-state index contributed by atoms with van der Waals surface area (Å²) in [5.74, 6) is -0.833. The van der Waals surface area contributed by atoms with Gasteiger partial charge in [0.05, 0.1) is 10.6 Å². The van der Waals surface area contributed by atoms with E-state index < -0.39 is 28.5 Å². The van der Waals surface area contributed by atoms with E-state index in [1.54, 1.807) is 61.5 Å². The third kappa shape index (κ3) is 7.82. The number of nitrogens with zero attached hydrogens (tertiary/aromatic N) is 2. The minimum atomic E-state index is -4.17. The van der Waals surface area contributed by atoms with Gasteiger partial charge in [0, 0.05) is 22.6 Å². The molecule has 0 aliphatic heterocycles. The van der Waals surface area contributed by atoms with Crippen LogP contribution >= 0.6 is 23.2 Å². The summed E-state index contributed by atoms with van der Waals surface area (Å²) in [7, 11) is -4.17. The smallest absolute Gasteiger partial charge is 0.264 e. The van der Waals surface area contributed by atoms with Gasteiger partial charge < -0.3 is 10.2 Å². The van der Waals surface area contributed by atoms with Crippen molar-refractivity contribution < 1.29 is 18.0 Å². The van der Waals surface area contributed by atoms with Gasteiger partial charge in [-0.1, -0.05) is 84.4 Å². The summed E-state index contributed by atoms with van der Waals surface area (Å²) in [6.45, 7) is 3.01. The lowest BCUT2D eigenvalue weighted by molar-refractivity contribution is -0.139. The van der Waals surface area contributed by atoms with Crippen LogP contribution in [0.1, 0.15) is 50.2 Å². The number of nitrogens with one attached hydrogen (secondary N) is 1. The van der Waals surface area contributed by atoms with E-state index in [1.807, 2.05) is 6.92 Å². The van der Waals surface area contributed by atoms with Crippen molar-refractivity contribution in [1.29, 1.82) is 0 Å². The number of hydrogen-bond donors (Lipinski definition) is 1. The quantitative estimate of drug-likeness (QED) is 0.287. The molecule has 7 nitrogen and oxygen atoms in total. The highest BCUT2D eigenvalue weighted by molar-refractivity contribution is 7.92. The molecule has 0 heterocycles. The lowest BCUT2D eigenvalue weighted by atomic mass is 9.95. The average molecular weight is 617 g/mol. The Labute approximate surface area is 252 Å². The van der Waals surface area contributed by atoms with Gasteiger partial charge in [0.1, 0.15) is 12.6 Å². The van der Waals surface area contributed by atoms with Crippen molar-refractivity contribution in [3.05, 3.63) is 94.0 Å². The summed E-state index contributed by atoms with van der Waals surface area (Å²) >= 11 is 12.7. The fraction of sp³-hybridized carbons (Fsp3) is 0.355. The number of hydrogen-bond acceptors (Lipinski definition) is 4. The molecule has 0 radical (unpaired) electrons. The summed E-state index contributed by atoms with van der Waals surface area (Å²) in [5, 5.41) is 3.87. The summed E-state index contributed by atoms with van der Waals surface area (Å²) < 4.78 is 28.8. The van der Waals surface area contributed by atoms with Gasteiger partial charge in [-0.05, 0) is 68.7 Å². The third-order valence-electron chi connectivity index (χ3n) is 7.40. The Hall–Kier alpha value is -3.07. The van der Waals surface area contributed by atoms with Crippen molar-refractivity contribution in [3.63, 3.8) is 0 Å². The molecule has 218 valence electrons. The molecule has 0 saturated heterocycles. The molecule has 0 aromatic heterocycles. The van der Waals surface area contributed by atoms with E-state index in [4.69, 9.17) is 23.2 Å². The number of halogens is 2. The molecule has 2 amide bonds. The van der Waals surface area contributed by atoms with Crippen molar-refractivity contribution in [2.75, 3.05) is 10.8 Å². The number of sulfonamides is 1. The van der Waals surface area contributed by atoms with E-state index in [9.17, 15) is 18.0 Å². The monoisotopic (exact) mass is 615 g/mol. The Kier molecular flexibility index (Phi) is 10.3. The first kappa shape index (κ1) is 30.9. The molecule has 1 N–H and O–H groups in total. The number of rotatable bonds is 10. The highest BCUT2D eigenvalue weighted by Crippen LogP contribution is 2.28. The minimum absolute atomic E-state index is 0.0335. The fourth-order valence-electron chi connectivity index (χ4n) is 4.96. The zero-order valence-electron chi connectivity index (χ0n) is 23.2. The molecule has 10 heteroatoms. The number of amides is 2. The second kappa shape index (κ2) is 13.7. The van der Waals surface area contributed by atoms with Crippen LogP contribution in [0.4, 0.5) is 5.69 Å². The largest absolute Gasteiger partial charge is 0.352 e. The molecule has 1 saturated carbocycles. The van der Waals surface area contributed by atoms with E-state index in [0.717, 1.165) is 42.0 Å². The van der Waals surface area contributed by atoms with E-state index in [0.29, 0.717) is 15.6 Å². The zero-order chi connectivity index (χ0) is 29.6. The van der Waals surface area contributed by atoms with Gasteiger partial charge in [-0.3, -0.25) is 13.9 Å². The van der Waals surface area contributed by atoms with Gasteiger partial charge in [-0.15, -0.1) is 0 Å². The van der Waals surface area contributed by atoms with Crippen molar-refractivity contribution >= 4 is 50.7 Å². The van der Waals surface area contributed by atoms with Crippen molar-refractivity contribution in [1.82, 2.24) is 10.2 Å². The first-order valence-corrected chi connectivity index (χ1v) is 15.9. The second-order valence-corrected chi connectivity index (χ2v) is 13.1. The Morgan fingerprint density at radius 3 is 2.29 bits per heavy atom. The maximum Gasteiger partial charge on any atom is 0.264 e. The second-order valence-electron chi connectivity index (χ2n) is 10.4. The molecule has 0 bridgehead atoms. The highest BCUT2D eigenvalue weighted by Gasteiger charge is 2.33. The van der Waals surface area contributed by atoms with Gasteiger partial charge in [0.15, 0.2) is 0 Å². The number of benzene rings is 3. The highest BCUT2D eigenvalue weighted by atomic mass is 35.5. The molecule has 1 atom stereocenters. The van der Waals surface area contributed by atoms with Gasteiger partial charge in [0.25, 0.3) is 10.0 Å². The van der Waals surface area contributed by atoms with Crippen LogP contribution in [0, 0.1) is 6.92 Å². The van der Waals surface area contributed by atoms with Gasteiger partial charge in [-0.25, -0.2) is 8.42 Å². The van der Waals surface area contributed by atoms with Crippen LogP contribution in [-0.2, 0) is 26.2 Å². The Morgan fingerprint density at radius 2 is 1.63 bits per heavy atom. The first-order chi connectivity index (χ1) is 19.6. The molecule has 4 rings (SSSR count). The molecule has 1 fully saturated rings. The number of anilines is 1. The van der Waals surface area contributed by atoms with Crippen molar-refractivity contribution in [2.45, 2.75) is 69.5 Å². The normalized spacial score (nSPS) is 14.7. The van der Waals surface area contributed by atoms with E-state index in [1.165, 1.54) is 23.1 Å². The molecule has 1 aliphatic carbocycles. The van der Waals surface area contributed by atoms with E-state index >= 15 is 0 Å². The van der Waals surface area contributed by atoms with Crippen LogP contribution < -0.4 is 9.62 Å². The molecule has 0 unspecified atom stereocenters. The Balaban J connectivity index is 1.68. The standard InChI is InChI=1S/C31H35Cl2N3O4S/c1-22-15-17-28(18-16-22)41(39,40)36(27-13-8-10-25(32)19-27)21-30(37)35(20-24-9-6-7-14-29(24)33)23(2)31(38)34-26-11-4-3-5-12-26/h6-10,13-19,23,26H,3-5,11-12,20-21H2,1-2H3,(H,34,38)/t23-/m1/s1. The van der Waals surface area contributed by atoms with Crippen molar-refractivity contribution in [2.24, 2.45) is 0 Å². The van der Waals surface area contributed by atoms with E-state index in [-0.39, 0.29) is 29.1 Å². The predicted molar refractivity (Wildman–Crippen MR) is 164 cm³/mol. The number of aryl methyl sites for hydroxylation is 1. The average Bonchev–Trinajstić information content (AvgIpc) is 2.95. The van der Waals surface area contributed by atoms with Gasteiger partial charge in [-0.2, -0.15) is 0 Å². The lowest BCUT2D eigenvalue weighted by Crippen LogP contribution is -2.53. The van der Waals surface area contributed by atoms with Gasteiger partial charge in [0.2, 0.25) is 11.8 Å². The summed E-state index contributed by atoms with van der Waals surface area (Å²) in [6.07, 6.45) is 5.04. The molecule has 1 aliphatic rings. The molecular formula is C31H35Cl2N3O4S. The van der Waals surface area contributed by atoms with Gasteiger partial charge >= 0.3 is 0 Å². The maximum absolute atomic E-state index is 14.1. The SMILES string of the molecule is Cc1ccc(S(=O)(=O)N(CC(=O)N(Cc2ccccc2Cl)[C@H](C)C(=O)NC2CCCCC2)c2cccc(Cl)c2)cc1. The van der Waals surface area contributed by atoms with Crippen LogP contribution in [-0.4, -0.2) is 43.8 Å². The molecule has 41 heavy (non-hydrogen) atoms. The Morgan fingerprint density at radius 1 is 0.951 bits per heavy atom. The Bertz CT molecular complexity index is 1470. The van der Waals surface area contributed by atoms with Crippen LogP contribution in [0.2, 0.25) is 10.0 Å². The minimum Gasteiger partial charge on any atom is -0.352 e. The number of carbonyl (C=O) groups is 2. The van der Waals surface area contributed by atoms with E-state index in [2.05, 4.69) is 5.32 Å². The van der Waals surface area contributed by atoms with Crippen LogP contribution in [0.3, 0.4) is 0 Å². The molecule has 0 spiro atoms. The summed E-state index contributed by atoms with van der Waals surface area (Å²) in [6, 6.07) is 19.0. The molecule has 3 aromatic rings. The first-order valence-electron chi connectivity index (χ1n) is 13.7. The van der Waals surface area contributed by atoms with Crippen LogP contribution in [0.25, 0.3) is 0 Å². The maximum atomic E-state index is 14.1. The predicted octanol–water partition coefficient (Wildman–Crippen LogP) is 6.36. The third-order valence-corrected chi connectivity index (χ3v) is 9.79. The summed E-state index contributed by atoms with van der Waals surface area (Å²) in [5.41, 5.74) is 1.79. The number of carbonyl (C=O) groups excluding carboxylic acids is 2. The molecule has 3 aromatic carbocycles. The zero-order valence-corrected chi connectivity index (χ0v) is 25.6. The fourth-order valence-corrected chi connectivity index (χ4v) is 6.74.